The van der Waals surface area contributed by atoms with Gasteiger partial charge in [-0.05, 0) is 36.3 Å². The predicted molar refractivity (Wildman–Crippen MR) is 78.1 cm³/mol. The summed E-state index contributed by atoms with van der Waals surface area (Å²) >= 11 is 2.07. The number of nitrogens with one attached hydrogen (secondary N) is 1. The van der Waals surface area contributed by atoms with Gasteiger partial charge in [-0.3, -0.25) is 0 Å². The van der Waals surface area contributed by atoms with E-state index < -0.39 is 0 Å². The first kappa shape index (κ1) is 11.8. The maximum atomic E-state index is 4.14. The van der Waals surface area contributed by atoms with Gasteiger partial charge < -0.3 is 5.32 Å². The van der Waals surface area contributed by atoms with E-state index in [4.69, 9.17) is 0 Å². The second kappa shape index (κ2) is 5.57. The Morgan fingerprint density at radius 1 is 1.22 bits per heavy atom. The van der Waals surface area contributed by atoms with Crippen molar-refractivity contribution in [3.8, 4) is 0 Å². The minimum absolute atomic E-state index is 0.804. The van der Waals surface area contributed by atoms with Crippen molar-refractivity contribution < 1.29 is 0 Å². The zero-order chi connectivity index (χ0) is 12.2. The molecule has 0 bridgehead atoms. The summed E-state index contributed by atoms with van der Waals surface area (Å²) < 4.78 is 0. The molecule has 94 valence electrons. The van der Waals surface area contributed by atoms with Gasteiger partial charge in [-0.2, -0.15) is 22.0 Å². The van der Waals surface area contributed by atoms with Gasteiger partial charge in [0.15, 0.2) is 0 Å². The van der Waals surface area contributed by atoms with Crippen LogP contribution in [0.5, 0.6) is 0 Å². The molecule has 0 unspecified atom stereocenters. The van der Waals surface area contributed by atoms with E-state index in [1.54, 1.807) is 0 Å². The van der Waals surface area contributed by atoms with Crippen molar-refractivity contribution in [3.05, 3.63) is 30.5 Å². The van der Waals surface area contributed by atoms with E-state index in [2.05, 4.69) is 33.3 Å². The average molecular weight is 259 g/mol. The van der Waals surface area contributed by atoms with Crippen LogP contribution in [0.2, 0.25) is 0 Å². The summed E-state index contributed by atoms with van der Waals surface area (Å²) in [4.78, 5) is 0. The van der Waals surface area contributed by atoms with Crippen molar-refractivity contribution in [3.63, 3.8) is 0 Å². The first-order valence-corrected chi connectivity index (χ1v) is 7.61. The number of nitrogens with zero attached hydrogens (tertiary/aromatic N) is 2. The van der Waals surface area contributed by atoms with Gasteiger partial charge in [0.1, 0.15) is 0 Å². The van der Waals surface area contributed by atoms with Crippen LogP contribution in [0.3, 0.4) is 0 Å². The van der Waals surface area contributed by atoms with Gasteiger partial charge in [-0.25, -0.2) is 0 Å². The first-order valence-electron chi connectivity index (χ1n) is 6.45. The lowest BCUT2D eigenvalue weighted by Gasteiger charge is -2.22. The molecular weight excluding hydrogens is 242 g/mol. The quantitative estimate of drug-likeness (QED) is 0.918. The van der Waals surface area contributed by atoms with Crippen LogP contribution in [0.1, 0.15) is 12.8 Å². The van der Waals surface area contributed by atoms with Gasteiger partial charge >= 0.3 is 0 Å². The largest absolute Gasteiger partial charge is 0.383 e. The average Bonchev–Trinajstić information content (AvgIpc) is 2.46. The molecule has 2 heterocycles. The molecule has 0 radical (unpaired) electrons. The van der Waals surface area contributed by atoms with Crippen LogP contribution >= 0.6 is 11.8 Å². The van der Waals surface area contributed by atoms with Crippen LogP contribution in [0.15, 0.2) is 30.5 Å². The molecule has 0 atom stereocenters. The summed E-state index contributed by atoms with van der Waals surface area (Å²) in [5.74, 6) is 3.42. The fraction of sp³-hybridized carbons (Fsp3) is 0.429. The molecule has 18 heavy (non-hydrogen) atoms. The maximum absolute atomic E-state index is 4.14. The normalized spacial score (nSPS) is 16.9. The lowest BCUT2D eigenvalue weighted by Crippen LogP contribution is -2.19. The van der Waals surface area contributed by atoms with E-state index in [1.807, 2.05) is 24.4 Å². The van der Waals surface area contributed by atoms with Crippen molar-refractivity contribution in [2.75, 3.05) is 23.4 Å². The van der Waals surface area contributed by atoms with Crippen molar-refractivity contribution in [1.29, 1.82) is 0 Å². The van der Waals surface area contributed by atoms with E-state index >= 15 is 0 Å². The molecule has 1 fully saturated rings. The minimum Gasteiger partial charge on any atom is -0.383 e. The maximum Gasteiger partial charge on any atom is 0.0950 e. The minimum atomic E-state index is 0.804. The second-order valence-electron chi connectivity index (χ2n) is 4.71. The molecule has 0 aliphatic carbocycles. The summed E-state index contributed by atoms with van der Waals surface area (Å²) in [6.45, 7) is 1.05. The van der Waals surface area contributed by atoms with Gasteiger partial charge in [-0.1, -0.05) is 18.2 Å². The Labute approximate surface area is 111 Å². The van der Waals surface area contributed by atoms with Crippen molar-refractivity contribution in [2.24, 2.45) is 5.92 Å². The Morgan fingerprint density at radius 2 is 2.06 bits per heavy atom. The monoisotopic (exact) mass is 259 g/mol. The van der Waals surface area contributed by atoms with E-state index in [0.29, 0.717) is 0 Å². The Kier molecular flexibility index (Phi) is 3.64. The third kappa shape index (κ3) is 2.58. The first-order chi connectivity index (χ1) is 8.93. The molecule has 0 saturated carbocycles. The van der Waals surface area contributed by atoms with Gasteiger partial charge in [-0.15, -0.1) is 0 Å². The highest BCUT2D eigenvalue weighted by Crippen LogP contribution is 2.25. The van der Waals surface area contributed by atoms with E-state index in [1.165, 1.54) is 24.3 Å². The molecular formula is C14H17N3S. The molecule has 2 aromatic rings. The molecule has 1 saturated heterocycles. The zero-order valence-electron chi connectivity index (χ0n) is 10.3. The van der Waals surface area contributed by atoms with Crippen LogP contribution in [-0.4, -0.2) is 28.2 Å². The molecule has 1 aromatic heterocycles. The lowest BCUT2D eigenvalue weighted by atomic mass is 10.0. The van der Waals surface area contributed by atoms with Gasteiger partial charge in [0.05, 0.1) is 17.4 Å². The highest BCUT2D eigenvalue weighted by molar-refractivity contribution is 7.99. The fourth-order valence-corrected chi connectivity index (χ4v) is 3.56. The van der Waals surface area contributed by atoms with E-state index in [0.717, 1.165) is 29.1 Å². The second-order valence-corrected chi connectivity index (χ2v) is 5.94. The Hall–Kier alpha value is -1.29. The summed E-state index contributed by atoms with van der Waals surface area (Å²) in [5.41, 5.74) is 2.07. The third-order valence-electron chi connectivity index (χ3n) is 3.47. The van der Waals surface area contributed by atoms with Crippen LogP contribution in [0.25, 0.3) is 10.9 Å². The smallest absolute Gasteiger partial charge is 0.0950 e. The summed E-state index contributed by atoms with van der Waals surface area (Å²) in [7, 11) is 0. The summed E-state index contributed by atoms with van der Waals surface area (Å²) in [5, 5.41) is 12.9. The molecule has 1 N–H and O–H groups in total. The zero-order valence-corrected chi connectivity index (χ0v) is 11.1. The predicted octanol–water partition coefficient (Wildman–Crippen LogP) is 3.18. The molecule has 1 aliphatic rings. The molecule has 0 amide bonds. The number of benzene rings is 1. The summed E-state index contributed by atoms with van der Waals surface area (Å²) in [6, 6.07) is 8.15. The molecule has 1 aliphatic heterocycles. The number of aromatic nitrogens is 2. The number of fused-ring (bicyclic) bond motifs is 1. The highest BCUT2D eigenvalue weighted by Gasteiger charge is 2.13. The van der Waals surface area contributed by atoms with Crippen LogP contribution < -0.4 is 5.32 Å². The molecule has 1 aromatic carbocycles. The van der Waals surface area contributed by atoms with E-state index in [9.17, 15) is 0 Å². The molecule has 4 heteroatoms. The third-order valence-corrected chi connectivity index (χ3v) is 4.52. The van der Waals surface area contributed by atoms with E-state index in [-0.39, 0.29) is 0 Å². The number of hydrogen-bond acceptors (Lipinski definition) is 4. The Morgan fingerprint density at radius 3 is 2.94 bits per heavy atom. The topological polar surface area (TPSA) is 37.8 Å². The highest BCUT2D eigenvalue weighted by atomic mass is 32.2. The molecule has 3 nitrogen and oxygen atoms in total. The SMILES string of the molecule is c1ccc2c(NCC3CCSCC3)cnnc2c1. The van der Waals surface area contributed by atoms with Gasteiger partial charge in [0.2, 0.25) is 0 Å². The van der Waals surface area contributed by atoms with Crippen molar-refractivity contribution in [1.82, 2.24) is 10.2 Å². The molecule has 3 rings (SSSR count). The van der Waals surface area contributed by atoms with Gasteiger partial charge in [0, 0.05) is 11.9 Å². The number of anilines is 1. The molecule has 0 spiro atoms. The van der Waals surface area contributed by atoms with Crippen LogP contribution in [0.4, 0.5) is 5.69 Å². The van der Waals surface area contributed by atoms with Gasteiger partial charge in [0.25, 0.3) is 0 Å². The fourth-order valence-electron chi connectivity index (χ4n) is 2.35. The van der Waals surface area contributed by atoms with Crippen molar-refractivity contribution in [2.45, 2.75) is 12.8 Å². The van der Waals surface area contributed by atoms with Crippen molar-refractivity contribution >= 4 is 28.4 Å². The number of hydrogen-bond donors (Lipinski definition) is 1. The Balaban J connectivity index is 1.74. The Bertz CT molecular complexity index is 518. The standard InChI is InChI=1S/C14H17N3S/c1-2-4-13-12(3-1)14(10-16-17-13)15-9-11-5-7-18-8-6-11/h1-4,10-11H,5-9H2,(H,15,17). The number of thioether (sulfide) groups is 1. The lowest BCUT2D eigenvalue weighted by molar-refractivity contribution is 0.516. The number of rotatable bonds is 3. The summed E-state index contributed by atoms with van der Waals surface area (Å²) in [6.07, 6.45) is 4.49. The van der Waals surface area contributed by atoms with Crippen LogP contribution in [-0.2, 0) is 0 Å². The van der Waals surface area contributed by atoms with Crippen LogP contribution in [0, 0.1) is 5.92 Å².